The standard InChI is InChI=1S/C32H54O8Si4/c1-41(2,3)37-27(23-35-31(33)25-19-15-13-16-20-25)29(39-43(7,8)9)30(40-44(10,11)12)28(38-42(4,5)6)24-36-32(34)26-21-17-14-18-22-26/h13-22,27-30H,23-24H2,1-12H3/t27-,28-,29-,30-/m1/s1. The number of hydrogen-bond acceptors (Lipinski definition) is 8. The predicted octanol–water partition coefficient (Wildman–Crippen LogP) is 7.58. The summed E-state index contributed by atoms with van der Waals surface area (Å²) in [6.07, 6.45) is -2.58. The van der Waals surface area contributed by atoms with Crippen molar-refractivity contribution in [2.24, 2.45) is 0 Å². The van der Waals surface area contributed by atoms with Crippen molar-refractivity contribution in [2.45, 2.75) is 103 Å². The molecular formula is C32H54O8Si4. The maximum Gasteiger partial charge on any atom is 0.338 e. The molecule has 0 spiro atoms. The first kappa shape index (κ1) is 38.3. The van der Waals surface area contributed by atoms with Crippen LogP contribution in [0.3, 0.4) is 0 Å². The van der Waals surface area contributed by atoms with E-state index >= 15 is 0 Å². The Bertz CT molecular complexity index is 1080. The number of carbonyl (C=O) groups is 2. The van der Waals surface area contributed by atoms with Crippen LogP contribution >= 0.6 is 0 Å². The van der Waals surface area contributed by atoms with Gasteiger partial charge < -0.3 is 27.2 Å². The Hall–Kier alpha value is -1.91. The Kier molecular flexibility index (Phi) is 14.0. The van der Waals surface area contributed by atoms with Crippen LogP contribution in [0.4, 0.5) is 0 Å². The van der Waals surface area contributed by atoms with Crippen molar-refractivity contribution in [1.29, 1.82) is 0 Å². The fraction of sp³-hybridized carbons (Fsp3) is 0.562. The first-order valence-electron chi connectivity index (χ1n) is 15.3. The monoisotopic (exact) mass is 678 g/mol. The zero-order chi connectivity index (χ0) is 33.3. The second-order valence-corrected chi connectivity index (χ2v) is 32.7. The third-order valence-electron chi connectivity index (χ3n) is 5.82. The lowest BCUT2D eigenvalue weighted by Crippen LogP contribution is -2.60. The summed E-state index contributed by atoms with van der Waals surface area (Å²) < 4.78 is 39.1. The van der Waals surface area contributed by atoms with Gasteiger partial charge in [0, 0.05) is 0 Å². The molecule has 0 radical (unpaired) electrons. The van der Waals surface area contributed by atoms with Gasteiger partial charge in [-0.3, -0.25) is 0 Å². The summed E-state index contributed by atoms with van der Waals surface area (Å²) in [6.45, 7) is 25.2. The molecule has 4 atom stereocenters. The predicted molar refractivity (Wildman–Crippen MR) is 186 cm³/mol. The number of carbonyl (C=O) groups excluding carboxylic acids is 2. The molecule has 0 unspecified atom stereocenters. The van der Waals surface area contributed by atoms with Gasteiger partial charge >= 0.3 is 11.9 Å². The Morgan fingerprint density at radius 3 is 1.00 bits per heavy atom. The maximum atomic E-state index is 13.1. The molecule has 0 fully saturated rings. The molecule has 0 N–H and O–H groups in total. The van der Waals surface area contributed by atoms with E-state index in [9.17, 15) is 9.59 Å². The smallest absolute Gasteiger partial charge is 0.338 e. The van der Waals surface area contributed by atoms with Crippen molar-refractivity contribution in [1.82, 2.24) is 0 Å². The molecule has 2 rings (SSSR count). The van der Waals surface area contributed by atoms with Crippen molar-refractivity contribution in [3.05, 3.63) is 71.8 Å². The summed E-state index contributed by atoms with van der Waals surface area (Å²) in [5.41, 5.74) is 0.925. The molecule has 44 heavy (non-hydrogen) atoms. The number of hydrogen-bond donors (Lipinski definition) is 0. The minimum Gasteiger partial charge on any atom is -0.459 e. The summed E-state index contributed by atoms with van der Waals surface area (Å²) in [7, 11) is -8.87. The van der Waals surface area contributed by atoms with Crippen LogP contribution in [0.25, 0.3) is 0 Å². The van der Waals surface area contributed by atoms with Crippen LogP contribution in [0, 0.1) is 0 Å². The number of ether oxygens (including phenoxy) is 2. The molecule has 246 valence electrons. The van der Waals surface area contributed by atoms with Gasteiger partial charge in [-0.15, -0.1) is 0 Å². The van der Waals surface area contributed by atoms with Crippen LogP contribution in [0.1, 0.15) is 20.7 Å². The van der Waals surface area contributed by atoms with Crippen LogP contribution < -0.4 is 0 Å². The summed E-state index contributed by atoms with van der Waals surface area (Å²) in [5.74, 6) is -0.869. The first-order valence-corrected chi connectivity index (χ1v) is 28.9. The fourth-order valence-corrected chi connectivity index (χ4v) is 8.88. The van der Waals surface area contributed by atoms with Crippen molar-refractivity contribution in [3.63, 3.8) is 0 Å². The van der Waals surface area contributed by atoms with Crippen molar-refractivity contribution in [2.75, 3.05) is 13.2 Å². The zero-order valence-electron chi connectivity index (χ0n) is 28.8. The van der Waals surface area contributed by atoms with Gasteiger partial charge in [0.15, 0.2) is 33.3 Å². The third kappa shape index (κ3) is 14.9. The Labute approximate surface area is 269 Å². The highest BCUT2D eigenvalue weighted by Crippen LogP contribution is 2.29. The molecule has 0 aromatic heterocycles. The quantitative estimate of drug-likeness (QED) is 0.125. The first-order chi connectivity index (χ1) is 20.1. The highest BCUT2D eigenvalue weighted by atomic mass is 28.4. The van der Waals surface area contributed by atoms with Gasteiger partial charge in [0.1, 0.15) is 37.6 Å². The van der Waals surface area contributed by atoms with Gasteiger partial charge in [-0.25, -0.2) is 9.59 Å². The van der Waals surface area contributed by atoms with Gasteiger partial charge in [0.25, 0.3) is 0 Å². The summed E-state index contributed by atoms with van der Waals surface area (Å²) >= 11 is 0. The van der Waals surface area contributed by atoms with Gasteiger partial charge in [0.2, 0.25) is 0 Å². The summed E-state index contributed by atoms with van der Waals surface area (Å²) in [6, 6.07) is 17.8. The molecule has 0 saturated heterocycles. The largest absolute Gasteiger partial charge is 0.459 e. The second kappa shape index (κ2) is 16.1. The summed E-state index contributed by atoms with van der Waals surface area (Å²) in [4.78, 5) is 26.1. The topological polar surface area (TPSA) is 89.5 Å². The van der Waals surface area contributed by atoms with Crippen molar-refractivity contribution in [3.8, 4) is 0 Å². The van der Waals surface area contributed by atoms with Crippen molar-refractivity contribution < 1.29 is 36.8 Å². The zero-order valence-corrected chi connectivity index (χ0v) is 32.8. The van der Waals surface area contributed by atoms with E-state index in [2.05, 4.69) is 78.6 Å². The van der Waals surface area contributed by atoms with Gasteiger partial charge in [-0.05, 0) is 103 Å². The molecule has 8 nitrogen and oxygen atoms in total. The van der Waals surface area contributed by atoms with Gasteiger partial charge in [-0.2, -0.15) is 0 Å². The SMILES string of the molecule is C[Si](C)(C)O[C@@H]([C@H](O[Si](C)(C)C)[C@@H](COC(=O)c1ccccc1)O[Si](C)(C)C)[C@@H](COC(=O)c1ccccc1)O[Si](C)(C)C. The Balaban J connectivity index is 2.58. The van der Waals surface area contributed by atoms with E-state index in [0.717, 1.165) is 0 Å². The second-order valence-electron chi connectivity index (χ2n) is 14.9. The van der Waals surface area contributed by atoms with Crippen LogP contribution in [0.15, 0.2) is 60.7 Å². The van der Waals surface area contributed by atoms with E-state index in [4.69, 9.17) is 27.2 Å². The van der Waals surface area contributed by atoms with Crippen LogP contribution in [0.2, 0.25) is 78.6 Å². The molecule has 0 heterocycles. The minimum absolute atomic E-state index is 0.0256. The molecule has 0 amide bonds. The molecule has 0 aliphatic heterocycles. The lowest BCUT2D eigenvalue weighted by Gasteiger charge is -2.45. The minimum atomic E-state index is -2.24. The lowest BCUT2D eigenvalue weighted by atomic mass is 10.0. The van der Waals surface area contributed by atoms with Crippen LogP contribution in [0.5, 0.6) is 0 Å². The van der Waals surface area contributed by atoms with E-state index in [1.807, 2.05) is 12.1 Å². The highest BCUT2D eigenvalue weighted by molar-refractivity contribution is 6.71. The normalized spacial score (nSPS) is 15.6. The average Bonchev–Trinajstić information content (AvgIpc) is 2.89. The molecule has 0 aliphatic rings. The molecule has 0 saturated carbocycles. The van der Waals surface area contributed by atoms with Crippen LogP contribution in [-0.4, -0.2) is 82.8 Å². The highest BCUT2D eigenvalue weighted by Gasteiger charge is 2.45. The molecular weight excluding hydrogens is 625 g/mol. The Morgan fingerprint density at radius 1 is 0.477 bits per heavy atom. The van der Waals surface area contributed by atoms with E-state index < -0.39 is 69.6 Å². The third-order valence-corrected chi connectivity index (χ3v) is 9.80. The van der Waals surface area contributed by atoms with Gasteiger partial charge in [0.05, 0.1) is 11.1 Å². The van der Waals surface area contributed by atoms with Gasteiger partial charge in [-0.1, -0.05) is 36.4 Å². The van der Waals surface area contributed by atoms with Crippen LogP contribution in [-0.2, 0) is 27.2 Å². The van der Waals surface area contributed by atoms with E-state index in [1.165, 1.54) is 0 Å². The van der Waals surface area contributed by atoms with E-state index in [-0.39, 0.29) is 13.2 Å². The molecule has 2 aromatic rings. The molecule has 0 bridgehead atoms. The van der Waals surface area contributed by atoms with E-state index in [1.54, 1.807) is 48.5 Å². The fourth-order valence-electron chi connectivity index (χ4n) is 4.46. The molecule has 12 heteroatoms. The summed E-state index contributed by atoms with van der Waals surface area (Å²) in [5, 5.41) is 0. The van der Waals surface area contributed by atoms with Crippen molar-refractivity contribution >= 4 is 45.2 Å². The number of rotatable bonds is 17. The molecule has 0 aliphatic carbocycles. The number of benzene rings is 2. The lowest BCUT2D eigenvalue weighted by molar-refractivity contribution is -0.102. The number of esters is 2. The Morgan fingerprint density at radius 2 is 0.750 bits per heavy atom. The maximum absolute atomic E-state index is 13.1. The van der Waals surface area contributed by atoms with E-state index in [0.29, 0.717) is 11.1 Å². The molecule has 2 aromatic carbocycles. The average molecular weight is 679 g/mol.